The summed E-state index contributed by atoms with van der Waals surface area (Å²) in [6.45, 7) is 2.44. The number of rotatable bonds is 4. The van der Waals surface area contributed by atoms with Crippen LogP contribution in [-0.2, 0) is 5.41 Å². The predicted molar refractivity (Wildman–Crippen MR) is 279 cm³/mol. The molecule has 16 rings (SSSR count). The van der Waals surface area contributed by atoms with Crippen LogP contribution in [-0.4, -0.2) is 24.1 Å². The highest BCUT2D eigenvalue weighted by atomic mass is 15.0. The van der Waals surface area contributed by atoms with Gasteiger partial charge in [-0.3, -0.25) is 0 Å². The van der Waals surface area contributed by atoms with Crippen LogP contribution in [0.3, 0.4) is 0 Å². The zero-order chi connectivity index (χ0) is 44.7. The highest BCUT2D eigenvalue weighted by Crippen LogP contribution is 2.56. The van der Waals surface area contributed by atoms with Gasteiger partial charge in [-0.05, 0) is 106 Å². The molecule has 3 aliphatic rings. The second-order valence-electron chi connectivity index (χ2n) is 18.5. The minimum absolute atomic E-state index is 0.438. The van der Waals surface area contributed by atoms with Gasteiger partial charge in [0.05, 0.1) is 27.8 Å². The number of hydrogen-bond donors (Lipinski definition) is 0. The molecule has 68 heavy (non-hydrogen) atoms. The first-order valence-corrected chi connectivity index (χ1v) is 23.4. The first-order chi connectivity index (χ1) is 33.6. The van der Waals surface area contributed by atoms with Gasteiger partial charge in [-0.1, -0.05) is 164 Å². The van der Waals surface area contributed by atoms with E-state index in [4.69, 9.17) is 15.0 Å². The average Bonchev–Trinajstić information content (AvgIpc) is 4.01. The van der Waals surface area contributed by atoms with Crippen LogP contribution in [0.25, 0.3) is 122 Å². The van der Waals surface area contributed by atoms with Crippen molar-refractivity contribution in [3.05, 3.63) is 235 Å². The Labute approximate surface area is 391 Å². The van der Waals surface area contributed by atoms with Crippen LogP contribution in [0.5, 0.6) is 0 Å². The third-order valence-corrected chi connectivity index (χ3v) is 15.0. The Hall–Kier alpha value is -8.93. The lowest BCUT2D eigenvalue weighted by atomic mass is 9.73. The van der Waals surface area contributed by atoms with Crippen LogP contribution >= 0.6 is 0 Å². The summed E-state index contributed by atoms with van der Waals surface area (Å²) in [5.41, 5.74) is 18.0. The van der Waals surface area contributed by atoms with E-state index in [9.17, 15) is 0 Å². The molecule has 0 N–H and O–H groups in total. The van der Waals surface area contributed by atoms with E-state index in [1.54, 1.807) is 0 Å². The Morgan fingerprint density at radius 3 is 1.69 bits per heavy atom. The normalized spacial score (nSPS) is 14.6. The van der Waals surface area contributed by atoms with Gasteiger partial charge in [0.15, 0.2) is 17.5 Å². The molecule has 1 unspecified atom stereocenters. The van der Waals surface area contributed by atoms with Crippen molar-refractivity contribution in [2.24, 2.45) is 0 Å². The maximum atomic E-state index is 5.26. The number of nitrogens with zero attached hydrogens (tertiary/aromatic N) is 5. The highest BCUT2D eigenvalue weighted by molar-refractivity contribution is 6.25. The molecule has 13 aromatic rings. The first kappa shape index (κ1) is 37.3. The summed E-state index contributed by atoms with van der Waals surface area (Å²) in [5, 5.41) is 7.37. The van der Waals surface area contributed by atoms with Crippen molar-refractivity contribution in [3.63, 3.8) is 0 Å². The van der Waals surface area contributed by atoms with Crippen LogP contribution in [0, 0.1) is 0 Å². The van der Waals surface area contributed by atoms with E-state index in [1.165, 1.54) is 76.7 Å². The van der Waals surface area contributed by atoms with Crippen LogP contribution in [0.2, 0.25) is 0 Å². The number of para-hydroxylation sites is 3. The summed E-state index contributed by atoms with van der Waals surface area (Å²) >= 11 is 0. The third kappa shape index (κ3) is 5.07. The van der Waals surface area contributed by atoms with Crippen molar-refractivity contribution < 1.29 is 0 Å². The number of aromatic nitrogens is 5. The van der Waals surface area contributed by atoms with Crippen molar-refractivity contribution in [3.8, 4) is 67.8 Å². The maximum absolute atomic E-state index is 5.26. The van der Waals surface area contributed by atoms with Gasteiger partial charge in [0.2, 0.25) is 0 Å². The molecule has 5 nitrogen and oxygen atoms in total. The zero-order valence-corrected chi connectivity index (χ0v) is 37.0. The molecular formula is C63H39N5. The number of benzene rings is 10. The van der Waals surface area contributed by atoms with Crippen molar-refractivity contribution in [2.75, 3.05) is 0 Å². The predicted octanol–water partition coefficient (Wildman–Crippen LogP) is 15.5. The molecule has 0 saturated heterocycles. The van der Waals surface area contributed by atoms with E-state index in [0.717, 1.165) is 44.7 Å². The quantitative estimate of drug-likeness (QED) is 0.177. The van der Waals surface area contributed by atoms with E-state index >= 15 is 0 Å². The largest absolute Gasteiger partial charge is 0.309 e. The molecule has 0 spiro atoms. The molecule has 0 amide bonds. The van der Waals surface area contributed by atoms with Crippen molar-refractivity contribution >= 4 is 54.4 Å². The molecule has 5 heterocycles. The van der Waals surface area contributed by atoms with E-state index in [1.807, 2.05) is 36.4 Å². The molecule has 1 atom stereocenters. The van der Waals surface area contributed by atoms with E-state index in [0.29, 0.717) is 17.5 Å². The second kappa shape index (κ2) is 13.8. The fraction of sp³-hybridized carbons (Fsp3) is 0.0317. The summed E-state index contributed by atoms with van der Waals surface area (Å²) in [6, 6.07) is 79.7. The molecule has 316 valence electrons. The monoisotopic (exact) mass is 865 g/mol. The molecule has 5 heteroatoms. The van der Waals surface area contributed by atoms with Gasteiger partial charge in [0, 0.05) is 54.9 Å². The Balaban J connectivity index is 1.13. The molecule has 1 aliphatic carbocycles. The number of hydrogen-bond acceptors (Lipinski definition) is 3. The Morgan fingerprint density at radius 2 is 0.956 bits per heavy atom. The summed E-state index contributed by atoms with van der Waals surface area (Å²) in [7, 11) is 0. The van der Waals surface area contributed by atoms with Gasteiger partial charge in [-0.15, -0.1) is 0 Å². The highest BCUT2D eigenvalue weighted by Gasteiger charge is 2.42. The van der Waals surface area contributed by atoms with E-state index in [-0.39, 0.29) is 0 Å². The third-order valence-electron chi connectivity index (χ3n) is 15.0. The standard InChI is InChI=1S/C63H39N5/c1-63-41-30-32-43-48(36-58-59(51(43)34-41)47-25-13-16-28-55(47)67(58)42-21-9-4-10-22-42)46-31-29-40(62-65-60(38-17-5-2-6-18-38)64-61(66-62)39-19-7-3-8-20-39)33-56(46)68-54-27-15-12-24-45(54)50-35-49(53(63)37-57(50)68)44-23-11-14-26-52(44)63/h2-37H,1H3. The smallest absolute Gasteiger partial charge is 0.164 e. The number of fused-ring (bicyclic) bond motifs is 8. The van der Waals surface area contributed by atoms with Gasteiger partial charge < -0.3 is 9.13 Å². The van der Waals surface area contributed by atoms with Gasteiger partial charge in [-0.2, -0.15) is 0 Å². The Bertz CT molecular complexity index is 4200. The van der Waals surface area contributed by atoms with Gasteiger partial charge in [0.25, 0.3) is 0 Å². The molecule has 6 bridgehead atoms. The molecular weight excluding hydrogens is 827 g/mol. The van der Waals surface area contributed by atoms with Crippen molar-refractivity contribution in [1.82, 2.24) is 24.1 Å². The van der Waals surface area contributed by atoms with E-state index in [2.05, 4.69) is 198 Å². The molecule has 0 saturated carbocycles. The zero-order valence-electron chi connectivity index (χ0n) is 37.0. The average molecular weight is 866 g/mol. The van der Waals surface area contributed by atoms with Gasteiger partial charge in [-0.25, -0.2) is 15.0 Å². The van der Waals surface area contributed by atoms with Crippen molar-refractivity contribution in [2.45, 2.75) is 12.3 Å². The fourth-order valence-corrected chi connectivity index (χ4v) is 11.8. The molecule has 10 aromatic carbocycles. The summed E-state index contributed by atoms with van der Waals surface area (Å²) in [4.78, 5) is 15.6. The minimum Gasteiger partial charge on any atom is -0.309 e. The van der Waals surface area contributed by atoms with Crippen LogP contribution in [0.15, 0.2) is 218 Å². The molecule has 0 radical (unpaired) electrons. The lowest BCUT2D eigenvalue weighted by molar-refractivity contribution is 0.716. The van der Waals surface area contributed by atoms with Crippen molar-refractivity contribution in [1.29, 1.82) is 0 Å². The molecule has 0 fully saturated rings. The summed E-state index contributed by atoms with van der Waals surface area (Å²) in [5.74, 6) is 1.88. The van der Waals surface area contributed by atoms with Crippen LogP contribution in [0.4, 0.5) is 0 Å². The summed E-state index contributed by atoms with van der Waals surface area (Å²) < 4.78 is 4.97. The first-order valence-electron chi connectivity index (χ1n) is 23.4. The maximum Gasteiger partial charge on any atom is 0.164 e. The lowest BCUT2D eigenvalue weighted by Gasteiger charge is -2.30. The minimum atomic E-state index is -0.438. The van der Waals surface area contributed by atoms with Gasteiger partial charge in [0.1, 0.15) is 0 Å². The Morgan fingerprint density at radius 1 is 0.338 bits per heavy atom. The van der Waals surface area contributed by atoms with Crippen LogP contribution in [0.1, 0.15) is 23.6 Å². The van der Waals surface area contributed by atoms with Gasteiger partial charge >= 0.3 is 0 Å². The van der Waals surface area contributed by atoms with E-state index < -0.39 is 5.41 Å². The summed E-state index contributed by atoms with van der Waals surface area (Å²) in [6.07, 6.45) is 0. The fourth-order valence-electron chi connectivity index (χ4n) is 11.8. The SMILES string of the molecule is CC12c3ccc4c(cc5c(c4c3)c3ccccc3n5-c3ccccc3)-c3ccc(-c4nc(-c5ccccc5)nc(-c5ccccc5)n4)cc3-n3c4ccccc4c4cc(c1cc43)-c1ccccc12. The van der Waals surface area contributed by atoms with Crippen LogP contribution < -0.4 is 0 Å². The molecule has 3 aromatic heterocycles. The second-order valence-corrected chi connectivity index (χ2v) is 18.5. The molecule has 2 aliphatic heterocycles. The topological polar surface area (TPSA) is 48.5 Å². The Kier molecular flexibility index (Phi) is 7.57. The lowest BCUT2D eigenvalue weighted by Crippen LogP contribution is -2.22.